The Hall–Kier alpha value is -1.34. The first-order chi connectivity index (χ1) is 6.38. The molecule has 2 aromatic rings. The molecule has 13 heavy (non-hydrogen) atoms. The zero-order chi connectivity index (χ0) is 9.52. The van der Waals surface area contributed by atoms with E-state index < -0.39 is 0 Å². The molecule has 0 saturated heterocycles. The second-order valence-electron chi connectivity index (χ2n) is 2.66. The predicted octanol–water partition coefficient (Wildman–Crippen LogP) is 2.84. The fraction of sp³-hybridized carbons (Fsp3) is 0.167. The molecule has 0 amide bonds. The van der Waals surface area contributed by atoms with Crippen molar-refractivity contribution in [2.24, 2.45) is 0 Å². The van der Waals surface area contributed by atoms with Gasteiger partial charge in [-0.3, -0.25) is 0 Å². The quantitative estimate of drug-likeness (QED) is 0.651. The van der Waals surface area contributed by atoms with Gasteiger partial charge in [-0.25, -0.2) is 0 Å². The van der Waals surface area contributed by atoms with Crippen molar-refractivity contribution >= 4 is 10.8 Å². The van der Waals surface area contributed by atoms with Gasteiger partial charge >= 0.3 is 0 Å². The average Bonchev–Trinajstić information content (AvgIpc) is 2.19. The van der Waals surface area contributed by atoms with Crippen molar-refractivity contribution in [3.63, 3.8) is 0 Å². The Kier molecular flexibility index (Phi) is 4.00. The highest BCUT2D eigenvalue weighted by Gasteiger charge is 1.85. The molecule has 0 unspecified atom stereocenters. The number of benzene rings is 2. The lowest BCUT2D eigenvalue weighted by Gasteiger charge is -1.92. The summed E-state index contributed by atoms with van der Waals surface area (Å²) in [6.07, 6.45) is 0. The van der Waals surface area contributed by atoms with E-state index in [0.29, 0.717) is 0 Å². The maximum Gasteiger partial charge on any atom is 0.0402 e. The molecule has 2 aromatic carbocycles. The van der Waals surface area contributed by atoms with E-state index in [0.717, 1.165) is 0 Å². The van der Waals surface area contributed by atoms with Crippen LogP contribution < -0.4 is 0 Å². The Balaban J connectivity index is 0.000000251. The minimum Gasteiger partial charge on any atom is -0.397 e. The van der Waals surface area contributed by atoms with Crippen molar-refractivity contribution in [2.75, 3.05) is 6.61 Å². The Morgan fingerprint density at radius 2 is 1.08 bits per heavy atom. The van der Waals surface area contributed by atoms with Gasteiger partial charge in [0.05, 0.1) is 0 Å². The van der Waals surface area contributed by atoms with Crippen LogP contribution in [-0.4, -0.2) is 11.7 Å². The maximum atomic E-state index is 7.57. The van der Waals surface area contributed by atoms with Gasteiger partial charge in [0.25, 0.3) is 0 Å². The van der Waals surface area contributed by atoms with Gasteiger partial charge < -0.3 is 5.11 Å². The molecular weight excluding hydrogens is 160 g/mol. The molecule has 1 nitrogen and oxygen atoms in total. The van der Waals surface area contributed by atoms with Gasteiger partial charge in [0.2, 0.25) is 0 Å². The minimum absolute atomic E-state index is 0.250. The van der Waals surface area contributed by atoms with E-state index in [1.807, 2.05) is 0 Å². The van der Waals surface area contributed by atoms with E-state index in [4.69, 9.17) is 5.11 Å². The Bertz CT molecular complexity index is 289. The van der Waals surface area contributed by atoms with Crippen LogP contribution in [0.3, 0.4) is 0 Å². The number of rotatable bonds is 0. The zero-order valence-corrected chi connectivity index (χ0v) is 7.77. The summed E-state index contributed by atoms with van der Waals surface area (Å²) in [6.45, 7) is 1.93. The lowest BCUT2D eigenvalue weighted by molar-refractivity contribution is 0.318. The standard InChI is InChI=1S/C10H8.C2H6O/c1-2-6-10-8-4-3-7-9(10)5-1;1-2-3/h1-8H;3H,2H2,1H3. The average molecular weight is 174 g/mol. The Morgan fingerprint density at radius 3 is 1.31 bits per heavy atom. The monoisotopic (exact) mass is 174 g/mol. The third kappa shape index (κ3) is 2.88. The molecule has 0 fully saturated rings. The van der Waals surface area contributed by atoms with Gasteiger partial charge in [0, 0.05) is 6.61 Å². The summed E-state index contributed by atoms with van der Waals surface area (Å²) < 4.78 is 0. The van der Waals surface area contributed by atoms with E-state index in [2.05, 4.69) is 48.5 Å². The molecule has 1 N–H and O–H groups in total. The number of hydrogen-bond acceptors (Lipinski definition) is 1. The molecule has 0 spiro atoms. The summed E-state index contributed by atoms with van der Waals surface area (Å²) in [5, 5.41) is 10.2. The van der Waals surface area contributed by atoms with Gasteiger partial charge in [-0.2, -0.15) is 0 Å². The van der Waals surface area contributed by atoms with Crippen LogP contribution in [0.15, 0.2) is 48.5 Å². The third-order valence-corrected chi connectivity index (χ3v) is 1.66. The topological polar surface area (TPSA) is 20.2 Å². The molecule has 0 aliphatic carbocycles. The highest BCUT2D eigenvalue weighted by molar-refractivity contribution is 5.81. The Labute approximate surface area is 78.6 Å². The summed E-state index contributed by atoms with van der Waals surface area (Å²) in [5.41, 5.74) is 0. The van der Waals surface area contributed by atoms with Crippen LogP contribution in [0.25, 0.3) is 10.8 Å². The van der Waals surface area contributed by atoms with Gasteiger partial charge in [-0.1, -0.05) is 48.5 Å². The van der Waals surface area contributed by atoms with E-state index in [-0.39, 0.29) is 6.61 Å². The van der Waals surface area contributed by atoms with Crippen molar-refractivity contribution < 1.29 is 5.11 Å². The van der Waals surface area contributed by atoms with E-state index in [1.165, 1.54) is 10.8 Å². The van der Waals surface area contributed by atoms with Crippen LogP contribution in [0.5, 0.6) is 0 Å². The first-order valence-corrected chi connectivity index (χ1v) is 4.43. The van der Waals surface area contributed by atoms with Crippen molar-refractivity contribution in [3.05, 3.63) is 48.5 Å². The van der Waals surface area contributed by atoms with Crippen LogP contribution in [0, 0.1) is 0 Å². The highest BCUT2D eigenvalue weighted by Crippen LogP contribution is 2.11. The first-order valence-electron chi connectivity index (χ1n) is 4.43. The molecule has 68 valence electrons. The molecule has 0 atom stereocenters. The van der Waals surface area contributed by atoms with Crippen LogP contribution in [0.1, 0.15) is 6.92 Å². The lowest BCUT2D eigenvalue weighted by Crippen LogP contribution is -1.67. The highest BCUT2D eigenvalue weighted by atomic mass is 16.2. The lowest BCUT2D eigenvalue weighted by atomic mass is 10.1. The predicted molar refractivity (Wildman–Crippen MR) is 56.7 cm³/mol. The largest absolute Gasteiger partial charge is 0.397 e. The van der Waals surface area contributed by atoms with Crippen molar-refractivity contribution in [3.8, 4) is 0 Å². The van der Waals surface area contributed by atoms with Gasteiger partial charge in [-0.15, -0.1) is 0 Å². The smallest absolute Gasteiger partial charge is 0.0402 e. The van der Waals surface area contributed by atoms with Gasteiger partial charge in [0.1, 0.15) is 0 Å². The van der Waals surface area contributed by atoms with Crippen LogP contribution in [0.2, 0.25) is 0 Å². The zero-order valence-electron chi connectivity index (χ0n) is 7.77. The fourth-order valence-electron chi connectivity index (χ4n) is 1.13. The maximum absolute atomic E-state index is 7.57. The second kappa shape index (κ2) is 5.33. The molecule has 0 bridgehead atoms. The Morgan fingerprint density at radius 1 is 0.846 bits per heavy atom. The first kappa shape index (κ1) is 9.75. The van der Waals surface area contributed by atoms with Crippen molar-refractivity contribution in [1.82, 2.24) is 0 Å². The molecule has 0 heterocycles. The molecular formula is C12H14O. The van der Waals surface area contributed by atoms with Crippen LogP contribution >= 0.6 is 0 Å². The summed E-state index contributed by atoms with van der Waals surface area (Å²) in [7, 11) is 0. The molecule has 1 heteroatoms. The number of aliphatic hydroxyl groups is 1. The normalized spacial score (nSPS) is 9.08. The summed E-state index contributed by atoms with van der Waals surface area (Å²) in [5.74, 6) is 0. The van der Waals surface area contributed by atoms with Crippen LogP contribution in [0.4, 0.5) is 0 Å². The number of aliphatic hydroxyl groups excluding tert-OH is 1. The molecule has 0 saturated carbocycles. The summed E-state index contributed by atoms with van der Waals surface area (Å²) in [6, 6.07) is 16.7. The number of hydrogen-bond donors (Lipinski definition) is 1. The van der Waals surface area contributed by atoms with Crippen molar-refractivity contribution in [2.45, 2.75) is 6.92 Å². The SMILES string of the molecule is CCO.c1ccc2ccccc2c1. The van der Waals surface area contributed by atoms with Gasteiger partial charge in [-0.05, 0) is 17.7 Å². The minimum atomic E-state index is 0.250. The second-order valence-corrected chi connectivity index (χ2v) is 2.66. The molecule has 0 radical (unpaired) electrons. The molecule has 0 aliphatic rings. The van der Waals surface area contributed by atoms with E-state index in [1.54, 1.807) is 6.92 Å². The van der Waals surface area contributed by atoms with E-state index in [9.17, 15) is 0 Å². The van der Waals surface area contributed by atoms with Gasteiger partial charge in [0.15, 0.2) is 0 Å². The third-order valence-electron chi connectivity index (χ3n) is 1.66. The number of fused-ring (bicyclic) bond motifs is 1. The fourth-order valence-corrected chi connectivity index (χ4v) is 1.13. The molecule has 0 aromatic heterocycles. The van der Waals surface area contributed by atoms with Crippen molar-refractivity contribution in [1.29, 1.82) is 0 Å². The summed E-state index contributed by atoms with van der Waals surface area (Å²) in [4.78, 5) is 0. The molecule has 0 aliphatic heterocycles. The summed E-state index contributed by atoms with van der Waals surface area (Å²) >= 11 is 0. The van der Waals surface area contributed by atoms with Crippen LogP contribution in [-0.2, 0) is 0 Å². The molecule has 2 rings (SSSR count). The van der Waals surface area contributed by atoms with E-state index >= 15 is 0 Å².